The summed E-state index contributed by atoms with van der Waals surface area (Å²) in [6.45, 7) is 8.61. The van der Waals surface area contributed by atoms with Crippen molar-refractivity contribution in [1.29, 1.82) is 0 Å². The van der Waals surface area contributed by atoms with E-state index in [0.717, 1.165) is 0 Å². The molecule has 0 fully saturated rings. The zero-order valence-electron chi connectivity index (χ0n) is 14.7. The quantitative estimate of drug-likeness (QED) is 0.797. The standard InChI is InChI=1S/C20H25NO3/c1-14(2)13-23-18-11-7-5-9-16(18)20(22)21-17-10-6-8-12-19(17)24-15(3)4/h5-12,14-15H,13H2,1-4H3,(H,21,22). The van der Waals surface area contributed by atoms with Crippen LogP contribution in [0.5, 0.6) is 11.5 Å². The van der Waals surface area contributed by atoms with Gasteiger partial charge in [0.2, 0.25) is 0 Å². The van der Waals surface area contributed by atoms with Gasteiger partial charge >= 0.3 is 0 Å². The fourth-order valence-electron chi connectivity index (χ4n) is 2.15. The number of hydrogen-bond donors (Lipinski definition) is 1. The van der Waals surface area contributed by atoms with Crippen LogP contribution in [0.2, 0.25) is 0 Å². The molecule has 0 heterocycles. The maximum absolute atomic E-state index is 12.7. The lowest BCUT2D eigenvalue weighted by atomic mass is 10.1. The second-order valence-electron chi connectivity index (χ2n) is 6.32. The predicted octanol–water partition coefficient (Wildman–Crippen LogP) is 4.76. The maximum atomic E-state index is 12.7. The predicted molar refractivity (Wildman–Crippen MR) is 96.9 cm³/mol. The van der Waals surface area contributed by atoms with Gasteiger partial charge in [0.1, 0.15) is 11.5 Å². The Morgan fingerprint density at radius 2 is 1.58 bits per heavy atom. The highest BCUT2D eigenvalue weighted by atomic mass is 16.5. The number of para-hydroxylation sites is 3. The van der Waals surface area contributed by atoms with E-state index >= 15 is 0 Å². The first-order chi connectivity index (χ1) is 11.5. The summed E-state index contributed by atoms with van der Waals surface area (Å²) in [5.74, 6) is 1.42. The number of carbonyl (C=O) groups is 1. The molecule has 0 saturated heterocycles. The van der Waals surface area contributed by atoms with E-state index in [1.54, 1.807) is 6.07 Å². The average Bonchev–Trinajstić information content (AvgIpc) is 2.54. The Morgan fingerprint density at radius 3 is 2.25 bits per heavy atom. The van der Waals surface area contributed by atoms with Gasteiger partial charge in [-0.15, -0.1) is 0 Å². The van der Waals surface area contributed by atoms with Crippen molar-refractivity contribution in [3.05, 3.63) is 54.1 Å². The minimum atomic E-state index is -0.214. The van der Waals surface area contributed by atoms with Gasteiger partial charge in [0.25, 0.3) is 5.91 Å². The number of carbonyl (C=O) groups excluding carboxylic acids is 1. The Hall–Kier alpha value is -2.49. The van der Waals surface area contributed by atoms with Crippen molar-refractivity contribution in [3.8, 4) is 11.5 Å². The summed E-state index contributed by atoms with van der Waals surface area (Å²) in [6.07, 6.45) is 0.0321. The van der Waals surface area contributed by atoms with Gasteiger partial charge in [-0.2, -0.15) is 0 Å². The molecule has 0 spiro atoms. The number of benzene rings is 2. The van der Waals surface area contributed by atoms with E-state index in [9.17, 15) is 4.79 Å². The van der Waals surface area contributed by atoms with Gasteiger partial charge in [-0.3, -0.25) is 4.79 Å². The van der Waals surface area contributed by atoms with E-state index in [4.69, 9.17) is 9.47 Å². The summed E-state index contributed by atoms with van der Waals surface area (Å²) in [4.78, 5) is 12.7. The number of anilines is 1. The van der Waals surface area contributed by atoms with Crippen LogP contribution in [0.25, 0.3) is 0 Å². The molecule has 2 aromatic carbocycles. The molecule has 0 aromatic heterocycles. The van der Waals surface area contributed by atoms with Crippen LogP contribution in [0.15, 0.2) is 48.5 Å². The molecule has 0 atom stereocenters. The Bertz CT molecular complexity index is 680. The highest BCUT2D eigenvalue weighted by Gasteiger charge is 2.15. The summed E-state index contributed by atoms with van der Waals surface area (Å²) in [6, 6.07) is 14.7. The van der Waals surface area contributed by atoms with E-state index in [2.05, 4.69) is 19.2 Å². The van der Waals surface area contributed by atoms with Crippen molar-refractivity contribution in [1.82, 2.24) is 0 Å². The third kappa shape index (κ3) is 5.01. The van der Waals surface area contributed by atoms with E-state index in [0.29, 0.717) is 35.3 Å². The summed E-state index contributed by atoms with van der Waals surface area (Å²) in [5.41, 5.74) is 1.16. The monoisotopic (exact) mass is 327 g/mol. The second kappa shape index (κ2) is 8.39. The zero-order chi connectivity index (χ0) is 17.5. The summed E-state index contributed by atoms with van der Waals surface area (Å²) < 4.78 is 11.5. The minimum Gasteiger partial charge on any atom is -0.492 e. The fraction of sp³-hybridized carbons (Fsp3) is 0.350. The van der Waals surface area contributed by atoms with Gasteiger partial charge in [-0.25, -0.2) is 0 Å². The van der Waals surface area contributed by atoms with Crippen LogP contribution in [-0.2, 0) is 0 Å². The normalized spacial score (nSPS) is 10.8. The van der Waals surface area contributed by atoms with Crippen molar-refractivity contribution in [2.75, 3.05) is 11.9 Å². The van der Waals surface area contributed by atoms with Crippen LogP contribution in [0, 0.1) is 5.92 Å². The third-order valence-electron chi connectivity index (χ3n) is 3.20. The van der Waals surface area contributed by atoms with Crippen LogP contribution in [0.3, 0.4) is 0 Å². The van der Waals surface area contributed by atoms with Crippen LogP contribution >= 0.6 is 0 Å². The van der Waals surface area contributed by atoms with E-state index in [-0.39, 0.29) is 12.0 Å². The molecule has 0 bridgehead atoms. The topological polar surface area (TPSA) is 47.6 Å². The molecule has 1 amide bonds. The van der Waals surface area contributed by atoms with Crippen molar-refractivity contribution < 1.29 is 14.3 Å². The average molecular weight is 327 g/mol. The van der Waals surface area contributed by atoms with Crippen LogP contribution in [-0.4, -0.2) is 18.6 Å². The molecule has 4 nitrogen and oxygen atoms in total. The second-order valence-corrected chi connectivity index (χ2v) is 6.32. The fourth-order valence-corrected chi connectivity index (χ4v) is 2.15. The molecule has 0 aliphatic heterocycles. The molecule has 2 rings (SSSR count). The van der Waals surface area contributed by atoms with Gasteiger partial charge in [0.15, 0.2) is 0 Å². The maximum Gasteiger partial charge on any atom is 0.259 e. The molecule has 0 saturated carbocycles. The van der Waals surface area contributed by atoms with Gasteiger partial charge in [-0.1, -0.05) is 38.1 Å². The molecule has 2 aromatic rings. The smallest absolute Gasteiger partial charge is 0.259 e. The van der Waals surface area contributed by atoms with Crippen LogP contribution in [0.1, 0.15) is 38.1 Å². The molecular weight excluding hydrogens is 302 g/mol. The Morgan fingerprint density at radius 1 is 0.958 bits per heavy atom. The SMILES string of the molecule is CC(C)COc1ccccc1C(=O)Nc1ccccc1OC(C)C. The third-order valence-corrected chi connectivity index (χ3v) is 3.20. The first-order valence-electron chi connectivity index (χ1n) is 8.26. The number of hydrogen-bond acceptors (Lipinski definition) is 3. The number of rotatable bonds is 7. The summed E-state index contributed by atoms with van der Waals surface area (Å²) in [7, 11) is 0. The highest BCUT2D eigenvalue weighted by Crippen LogP contribution is 2.27. The highest BCUT2D eigenvalue weighted by molar-refractivity contribution is 6.06. The Balaban J connectivity index is 2.19. The Labute approximate surface area is 143 Å². The molecule has 0 aliphatic rings. The molecule has 24 heavy (non-hydrogen) atoms. The van der Waals surface area contributed by atoms with E-state index in [1.165, 1.54) is 0 Å². The van der Waals surface area contributed by atoms with Gasteiger partial charge in [0.05, 0.1) is 24.0 Å². The molecule has 0 radical (unpaired) electrons. The van der Waals surface area contributed by atoms with E-state index < -0.39 is 0 Å². The molecular formula is C20H25NO3. The lowest BCUT2D eigenvalue weighted by Gasteiger charge is -2.16. The first-order valence-corrected chi connectivity index (χ1v) is 8.26. The Kier molecular flexibility index (Phi) is 6.24. The van der Waals surface area contributed by atoms with Crippen molar-refractivity contribution in [2.45, 2.75) is 33.8 Å². The lowest BCUT2D eigenvalue weighted by Crippen LogP contribution is -2.16. The molecule has 1 N–H and O–H groups in total. The largest absolute Gasteiger partial charge is 0.492 e. The molecule has 0 aliphatic carbocycles. The number of nitrogens with one attached hydrogen (secondary N) is 1. The molecule has 0 unspecified atom stereocenters. The van der Waals surface area contributed by atoms with Crippen LogP contribution in [0.4, 0.5) is 5.69 Å². The number of ether oxygens (including phenoxy) is 2. The van der Waals surface area contributed by atoms with Crippen molar-refractivity contribution in [3.63, 3.8) is 0 Å². The van der Waals surface area contributed by atoms with Crippen molar-refractivity contribution in [2.24, 2.45) is 5.92 Å². The minimum absolute atomic E-state index is 0.0321. The van der Waals surface area contributed by atoms with Gasteiger partial charge in [0, 0.05) is 0 Å². The first kappa shape index (κ1) is 17.9. The molecule has 4 heteroatoms. The lowest BCUT2D eigenvalue weighted by molar-refractivity contribution is 0.102. The molecule has 128 valence electrons. The van der Waals surface area contributed by atoms with Crippen LogP contribution < -0.4 is 14.8 Å². The zero-order valence-corrected chi connectivity index (χ0v) is 14.7. The summed E-state index contributed by atoms with van der Waals surface area (Å²) in [5, 5.41) is 2.92. The van der Waals surface area contributed by atoms with E-state index in [1.807, 2.05) is 56.3 Å². The summed E-state index contributed by atoms with van der Waals surface area (Å²) >= 11 is 0. The van der Waals surface area contributed by atoms with Crippen molar-refractivity contribution >= 4 is 11.6 Å². The number of amides is 1. The van der Waals surface area contributed by atoms with Gasteiger partial charge < -0.3 is 14.8 Å². The van der Waals surface area contributed by atoms with Gasteiger partial charge in [-0.05, 0) is 44.0 Å².